The van der Waals surface area contributed by atoms with Gasteiger partial charge in [-0.1, -0.05) is 35.9 Å². The van der Waals surface area contributed by atoms with Crippen LogP contribution in [0.1, 0.15) is 25.0 Å². The van der Waals surface area contributed by atoms with E-state index in [0.29, 0.717) is 0 Å². The monoisotopic (exact) mass is 282 g/mol. The molecule has 2 aromatic rings. The lowest BCUT2D eigenvalue weighted by molar-refractivity contribution is 0.105. The van der Waals surface area contributed by atoms with Crippen molar-refractivity contribution in [3.05, 3.63) is 53.6 Å². The molecular weight excluding hydrogens is 260 g/mol. The van der Waals surface area contributed by atoms with Gasteiger partial charge >= 0.3 is 0 Å². The van der Waals surface area contributed by atoms with Gasteiger partial charge in [-0.25, -0.2) is 0 Å². The molecule has 1 aliphatic rings. The second kappa shape index (κ2) is 4.99. The zero-order valence-electron chi connectivity index (χ0n) is 12.9. The molecule has 0 saturated heterocycles. The smallest absolute Gasteiger partial charge is 0.145 e. The van der Waals surface area contributed by atoms with E-state index in [4.69, 9.17) is 10.5 Å². The van der Waals surface area contributed by atoms with Gasteiger partial charge in [0, 0.05) is 6.54 Å². The number of nitrogen functional groups attached to an aromatic ring is 1. The van der Waals surface area contributed by atoms with E-state index in [-0.39, 0.29) is 5.60 Å². The van der Waals surface area contributed by atoms with Gasteiger partial charge in [0.05, 0.1) is 12.2 Å². The van der Waals surface area contributed by atoms with Gasteiger partial charge in [0.2, 0.25) is 0 Å². The van der Waals surface area contributed by atoms with Gasteiger partial charge in [-0.15, -0.1) is 0 Å². The zero-order chi connectivity index (χ0) is 15.0. The Bertz CT molecular complexity index is 647. The Morgan fingerprint density at radius 3 is 2.57 bits per heavy atom. The lowest BCUT2D eigenvalue weighted by atomic mass is 10.0. The first-order chi connectivity index (χ1) is 9.94. The number of ether oxygens (including phenoxy) is 1. The van der Waals surface area contributed by atoms with Crippen LogP contribution in [0.2, 0.25) is 0 Å². The highest BCUT2D eigenvalue weighted by Crippen LogP contribution is 2.41. The van der Waals surface area contributed by atoms with Crippen LogP contribution in [-0.4, -0.2) is 12.1 Å². The molecule has 0 unspecified atom stereocenters. The van der Waals surface area contributed by atoms with Crippen LogP contribution in [0.3, 0.4) is 0 Å². The Balaban J connectivity index is 1.96. The topological polar surface area (TPSA) is 38.5 Å². The standard InChI is InChI=1S/C18H22N2O/c1-13-7-9-14(10-8-13)11-20-12-18(2,3)21-16-6-4-5-15(19)17(16)20/h4-10H,11-12,19H2,1-3H3. The molecule has 0 atom stereocenters. The van der Waals surface area contributed by atoms with Crippen LogP contribution in [0.15, 0.2) is 42.5 Å². The summed E-state index contributed by atoms with van der Waals surface area (Å²) >= 11 is 0. The van der Waals surface area contributed by atoms with E-state index in [2.05, 4.69) is 49.9 Å². The normalized spacial score (nSPS) is 16.2. The highest BCUT2D eigenvalue weighted by atomic mass is 16.5. The van der Waals surface area contributed by atoms with E-state index in [0.717, 1.165) is 30.2 Å². The molecule has 2 N–H and O–H groups in total. The number of hydrogen-bond donors (Lipinski definition) is 1. The van der Waals surface area contributed by atoms with Crippen molar-refractivity contribution in [1.82, 2.24) is 0 Å². The Hall–Kier alpha value is -2.16. The summed E-state index contributed by atoms with van der Waals surface area (Å²) in [4.78, 5) is 2.32. The van der Waals surface area contributed by atoms with Crippen LogP contribution in [0, 0.1) is 6.92 Å². The quantitative estimate of drug-likeness (QED) is 0.852. The zero-order valence-corrected chi connectivity index (χ0v) is 12.9. The lowest BCUT2D eigenvalue weighted by Gasteiger charge is -2.41. The van der Waals surface area contributed by atoms with Gasteiger partial charge in [-0.3, -0.25) is 0 Å². The van der Waals surface area contributed by atoms with Crippen molar-refractivity contribution < 1.29 is 4.74 Å². The third-order valence-electron chi connectivity index (χ3n) is 3.80. The van der Waals surface area contributed by atoms with Gasteiger partial charge in [-0.05, 0) is 38.5 Å². The minimum atomic E-state index is -0.217. The van der Waals surface area contributed by atoms with Crippen LogP contribution in [-0.2, 0) is 6.54 Å². The molecule has 0 aromatic heterocycles. The molecular formula is C18H22N2O. The summed E-state index contributed by atoms with van der Waals surface area (Å²) in [5.41, 5.74) is 10.3. The maximum absolute atomic E-state index is 6.18. The molecule has 1 aliphatic heterocycles. The van der Waals surface area contributed by atoms with Gasteiger partial charge in [0.15, 0.2) is 0 Å². The number of rotatable bonds is 2. The molecule has 3 rings (SSSR count). The van der Waals surface area contributed by atoms with E-state index in [1.807, 2.05) is 18.2 Å². The molecule has 0 spiro atoms. The number of nitrogens with zero attached hydrogens (tertiary/aromatic N) is 1. The largest absolute Gasteiger partial charge is 0.484 e. The van der Waals surface area contributed by atoms with E-state index >= 15 is 0 Å². The maximum Gasteiger partial charge on any atom is 0.145 e. The molecule has 3 nitrogen and oxygen atoms in total. The van der Waals surface area contributed by atoms with Crippen molar-refractivity contribution >= 4 is 11.4 Å². The van der Waals surface area contributed by atoms with Crippen LogP contribution in [0.5, 0.6) is 5.75 Å². The first-order valence-corrected chi connectivity index (χ1v) is 7.33. The molecule has 0 saturated carbocycles. The van der Waals surface area contributed by atoms with Crippen LogP contribution in [0.25, 0.3) is 0 Å². The Morgan fingerprint density at radius 2 is 1.86 bits per heavy atom. The minimum Gasteiger partial charge on any atom is -0.484 e. The van der Waals surface area contributed by atoms with E-state index in [1.54, 1.807) is 0 Å². The fourth-order valence-electron chi connectivity index (χ4n) is 2.88. The predicted octanol–water partition coefficient (Wildman–Crippen LogP) is 3.75. The first kappa shape index (κ1) is 13.8. The van der Waals surface area contributed by atoms with Gasteiger partial charge < -0.3 is 15.4 Å². The highest BCUT2D eigenvalue weighted by Gasteiger charge is 2.32. The van der Waals surface area contributed by atoms with E-state index < -0.39 is 0 Å². The van der Waals surface area contributed by atoms with E-state index in [9.17, 15) is 0 Å². The summed E-state index contributed by atoms with van der Waals surface area (Å²) in [5, 5.41) is 0. The number of anilines is 2. The first-order valence-electron chi connectivity index (χ1n) is 7.33. The van der Waals surface area contributed by atoms with Crippen LogP contribution >= 0.6 is 0 Å². The summed E-state index contributed by atoms with van der Waals surface area (Å²) in [6.45, 7) is 7.99. The Kier molecular flexibility index (Phi) is 3.28. The van der Waals surface area contributed by atoms with Crippen molar-refractivity contribution in [3.8, 4) is 5.75 Å². The van der Waals surface area contributed by atoms with Crippen molar-refractivity contribution in [1.29, 1.82) is 0 Å². The van der Waals surface area contributed by atoms with E-state index in [1.165, 1.54) is 11.1 Å². The highest BCUT2D eigenvalue weighted by molar-refractivity contribution is 5.76. The molecule has 0 aliphatic carbocycles. The summed E-state index contributed by atoms with van der Waals surface area (Å²) in [6.07, 6.45) is 0. The average Bonchev–Trinajstić information content (AvgIpc) is 2.40. The number of fused-ring (bicyclic) bond motifs is 1. The molecule has 0 bridgehead atoms. The van der Waals surface area contributed by atoms with Crippen LogP contribution in [0.4, 0.5) is 11.4 Å². The number of hydrogen-bond acceptors (Lipinski definition) is 3. The summed E-state index contributed by atoms with van der Waals surface area (Å²) in [5.74, 6) is 0.873. The second-order valence-corrected chi connectivity index (χ2v) is 6.40. The molecule has 3 heteroatoms. The van der Waals surface area contributed by atoms with Gasteiger partial charge in [-0.2, -0.15) is 0 Å². The van der Waals surface area contributed by atoms with Gasteiger partial charge in [0.1, 0.15) is 17.0 Å². The third kappa shape index (κ3) is 2.82. The molecule has 0 radical (unpaired) electrons. The molecule has 0 fully saturated rings. The Labute approximate surface area is 126 Å². The number of aryl methyl sites for hydroxylation is 1. The molecule has 21 heavy (non-hydrogen) atoms. The van der Waals surface area contributed by atoms with Crippen molar-refractivity contribution in [3.63, 3.8) is 0 Å². The average molecular weight is 282 g/mol. The fraction of sp³-hybridized carbons (Fsp3) is 0.333. The molecule has 0 amide bonds. The predicted molar refractivity (Wildman–Crippen MR) is 87.8 cm³/mol. The number of benzene rings is 2. The Morgan fingerprint density at radius 1 is 1.14 bits per heavy atom. The van der Waals surface area contributed by atoms with Crippen molar-refractivity contribution in [2.45, 2.75) is 32.9 Å². The summed E-state index contributed by atoms with van der Waals surface area (Å²) in [6, 6.07) is 14.5. The van der Waals surface area contributed by atoms with Crippen LogP contribution < -0.4 is 15.4 Å². The fourth-order valence-corrected chi connectivity index (χ4v) is 2.88. The second-order valence-electron chi connectivity index (χ2n) is 6.40. The third-order valence-corrected chi connectivity index (χ3v) is 3.80. The SMILES string of the molecule is Cc1ccc(CN2CC(C)(C)Oc3cccc(N)c32)cc1. The molecule has 110 valence electrons. The van der Waals surface area contributed by atoms with Gasteiger partial charge in [0.25, 0.3) is 0 Å². The number of nitrogens with two attached hydrogens (primary N) is 1. The van der Waals surface area contributed by atoms with Crippen molar-refractivity contribution in [2.75, 3.05) is 17.2 Å². The molecule has 2 aromatic carbocycles. The minimum absolute atomic E-state index is 0.217. The van der Waals surface area contributed by atoms with Crippen molar-refractivity contribution in [2.24, 2.45) is 0 Å². The maximum atomic E-state index is 6.18. The molecule has 1 heterocycles. The number of para-hydroxylation sites is 1. The summed E-state index contributed by atoms with van der Waals surface area (Å²) < 4.78 is 6.07. The summed E-state index contributed by atoms with van der Waals surface area (Å²) in [7, 11) is 0. The lowest BCUT2D eigenvalue weighted by Crippen LogP contribution is -2.46.